The van der Waals surface area contributed by atoms with Gasteiger partial charge in [0.2, 0.25) is 0 Å². The van der Waals surface area contributed by atoms with Gasteiger partial charge in [-0.2, -0.15) is 0 Å². The molecule has 4 heterocycles. The van der Waals surface area contributed by atoms with E-state index in [1.807, 2.05) is 6.07 Å². The zero-order chi connectivity index (χ0) is 17.3. The van der Waals surface area contributed by atoms with E-state index in [4.69, 9.17) is 0 Å². The van der Waals surface area contributed by atoms with Gasteiger partial charge in [0, 0.05) is 35.7 Å². The minimum atomic E-state index is -0.956. The molecule has 1 aromatic heterocycles. The number of nitrogens with one attached hydrogen (secondary N) is 1. The molecule has 4 bridgehead atoms. The minimum Gasteiger partial charge on any atom is -0.549 e. The van der Waals surface area contributed by atoms with Gasteiger partial charge in [0.15, 0.2) is 0 Å². The fourth-order valence-electron chi connectivity index (χ4n) is 6.12. The Labute approximate surface area is 195 Å². The van der Waals surface area contributed by atoms with Crippen LogP contribution in [0.4, 0.5) is 0 Å². The van der Waals surface area contributed by atoms with Crippen molar-refractivity contribution in [1.29, 1.82) is 0 Å². The van der Waals surface area contributed by atoms with Crippen LogP contribution in [0.1, 0.15) is 37.4 Å². The van der Waals surface area contributed by atoms with Crippen LogP contribution in [-0.4, -0.2) is 40.1 Å². The summed E-state index contributed by atoms with van der Waals surface area (Å²) >= 11 is 0. The Morgan fingerprint density at radius 1 is 1.46 bits per heavy atom. The number of aromatic hydroxyl groups is 1. The number of phenolic OH excluding ortho intramolecular Hbond substituents is 1. The Balaban J connectivity index is 0.00000168. The summed E-state index contributed by atoms with van der Waals surface area (Å²) in [5.74, 6) is 0.0938. The number of hydrogen-bond acceptors (Lipinski definition) is 4. The molecule has 4 aliphatic rings. The third-order valence-corrected chi connectivity index (χ3v) is 6.96. The second-order valence-electron chi connectivity index (χ2n) is 8.13. The second kappa shape index (κ2) is 6.60. The first-order valence-corrected chi connectivity index (χ1v) is 9.34. The largest absolute Gasteiger partial charge is 1.00 e. The summed E-state index contributed by atoms with van der Waals surface area (Å²) in [5.41, 5.74) is 1.84. The number of aromatic amines is 1. The van der Waals surface area contributed by atoms with Crippen molar-refractivity contribution >= 4 is 16.9 Å². The van der Waals surface area contributed by atoms with Gasteiger partial charge in [0.05, 0.1) is 11.4 Å². The number of rotatable bonds is 2. The predicted molar refractivity (Wildman–Crippen MR) is 92.2 cm³/mol. The van der Waals surface area contributed by atoms with Gasteiger partial charge >= 0.3 is 51.4 Å². The smallest absolute Gasteiger partial charge is 0.549 e. The normalized spacial score (nSPS) is 34.8. The molecule has 1 aromatic carbocycles. The number of aromatic nitrogens is 1. The van der Waals surface area contributed by atoms with Crippen LogP contribution in [0.2, 0.25) is 0 Å². The second-order valence-corrected chi connectivity index (χ2v) is 8.13. The molecule has 2 N–H and O–H groups in total. The van der Waals surface area contributed by atoms with E-state index in [2.05, 4.69) is 16.8 Å². The number of aliphatic carboxylic acids is 1. The molecule has 5 atom stereocenters. The van der Waals surface area contributed by atoms with E-state index in [0.717, 1.165) is 54.5 Å². The van der Waals surface area contributed by atoms with Crippen LogP contribution < -0.4 is 56.5 Å². The molecular weight excluding hydrogens is 355 g/mol. The number of H-pyrrole nitrogens is 1. The van der Waals surface area contributed by atoms with Crippen molar-refractivity contribution in [1.82, 2.24) is 9.88 Å². The van der Waals surface area contributed by atoms with Gasteiger partial charge < -0.3 is 20.0 Å². The Kier molecular flexibility index (Phi) is 4.82. The van der Waals surface area contributed by atoms with Crippen molar-refractivity contribution < 1.29 is 66.4 Å². The Bertz CT molecular complexity index is 879. The zero-order valence-corrected chi connectivity index (χ0v) is 18.5. The zero-order valence-electron chi connectivity index (χ0n) is 15.4. The van der Waals surface area contributed by atoms with Crippen molar-refractivity contribution in [2.45, 2.75) is 44.1 Å². The number of phenols is 1. The SMILES string of the molecule is CC[C@H]1C[C@@H]2CN3CCc4c([nH]c5ccc(O)cc45)[C@](C(=O)[O-])(C2)[C@H]13.[K+]. The molecule has 26 heavy (non-hydrogen) atoms. The maximum Gasteiger partial charge on any atom is 1.00 e. The molecule has 6 heteroatoms. The quantitative estimate of drug-likeness (QED) is 0.626. The van der Waals surface area contributed by atoms with Crippen LogP contribution in [0.3, 0.4) is 0 Å². The summed E-state index contributed by atoms with van der Waals surface area (Å²) in [7, 11) is 0. The molecule has 1 saturated carbocycles. The molecule has 6 rings (SSSR count). The van der Waals surface area contributed by atoms with Crippen molar-refractivity contribution in [2.24, 2.45) is 11.8 Å². The van der Waals surface area contributed by atoms with Crippen LogP contribution in [-0.2, 0) is 16.6 Å². The number of carboxylic acid groups (broad SMARTS) is 1. The summed E-state index contributed by atoms with van der Waals surface area (Å²) in [4.78, 5) is 18.4. The Morgan fingerprint density at radius 2 is 2.27 bits per heavy atom. The van der Waals surface area contributed by atoms with E-state index >= 15 is 0 Å². The number of piperidine rings is 2. The van der Waals surface area contributed by atoms with Gasteiger partial charge in [-0.25, -0.2) is 0 Å². The number of carboxylic acids is 1. The van der Waals surface area contributed by atoms with Crippen molar-refractivity contribution in [3.05, 3.63) is 29.5 Å². The molecule has 2 saturated heterocycles. The van der Waals surface area contributed by atoms with E-state index in [1.54, 1.807) is 12.1 Å². The third-order valence-electron chi connectivity index (χ3n) is 6.96. The topological polar surface area (TPSA) is 79.4 Å². The third kappa shape index (κ3) is 2.42. The number of carbonyl (C=O) groups excluding carboxylic acids is 1. The molecule has 0 radical (unpaired) electrons. The molecule has 1 aliphatic carbocycles. The summed E-state index contributed by atoms with van der Waals surface area (Å²) in [6, 6.07) is 5.26. The number of nitrogens with zero attached hydrogens (tertiary/aromatic N) is 1. The van der Waals surface area contributed by atoms with Crippen LogP contribution in [0, 0.1) is 11.8 Å². The van der Waals surface area contributed by atoms with Gasteiger partial charge in [-0.05, 0) is 54.9 Å². The van der Waals surface area contributed by atoms with Gasteiger partial charge in [0.25, 0.3) is 0 Å². The molecule has 1 unspecified atom stereocenters. The van der Waals surface area contributed by atoms with Crippen molar-refractivity contribution in [3.8, 4) is 5.75 Å². The van der Waals surface area contributed by atoms with Crippen molar-refractivity contribution in [3.63, 3.8) is 0 Å². The van der Waals surface area contributed by atoms with Crippen LogP contribution >= 0.6 is 0 Å². The average Bonchev–Trinajstić information content (AvgIpc) is 2.92. The molecule has 0 spiro atoms. The Morgan fingerprint density at radius 3 is 3.00 bits per heavy atom. The van der Waals surface area contributed by atoms with Gasteiger partial charge in [-0.15, -0.1) is 0 Å². The van der Waals surface area contributed by atoms with Gasteiger partial charge in [-0.1, -0.05) is 13.3 Å². The summed E-state index contributed by atoms with van der Waals surface area (Å²) in [5, 5.41) is 23.5. The molecule has 2 aromatic rings. The standard InChI is InChI=1S/C20H24N2O3.K/c1-2-12-7-11-9-20(19(24)25)17-14(5-6-22(10-11)18(12)20)15-8-13(23)3-4-16(15)21-17;/h3-4,8,11-12,18,21,23H,2,5-7,9-10H2,1H3,(H,24,25);/q;+1/p-1/t11-,12-,18-,20+;/m0./s1. The fraction of sp³-hybridized carbons (Fsp3) is 0.550. The molecule has 3 fully saturated rings. The molecule has 0 amide bonds. The van der Waals surface area contributed by atoms with Gasteiger partial charge in [0.1, 0.15) is 5.75 Å². The molecule has 5 nitrogen and oxygen atoms in total. The molecule has 3 aliphatic heterocycles. The van der Waals surface area contributed by atoms with E-state index in [-0.39, 0.29) is 63.2 Å². The van der Waals surface area contributed by atoms with E-state index < -0.39 is 11.4 Å². The Hall–Kier alpha value is -0.374. The number of hydrogen-bond donors (Lipinski definition) is 2. The number of benzene rings is 1. The average molecular weight is 379 g/mol. The van der Waals surface area contributed by atoms with Gasteiger partial charge in [-0.3, -0.25) is 4.90 Å². The molecular formula is C20H23KN2O3. The summed E-state index contributed by atoms with van der Waals surface area (Å²) in [6.45, 7) is 4.05. The van der Waals surface area contributed by atoms with E-state index in [9.17, 15) is 15.0 Å². The minimum absolute atomic E-state index is 0. The van der Waals surface area contributed by atoms with Crippen LogP contribution in [0.15, 0.2) is 18.2 Å². The van der Waals surface area contributed by atoms with E-state index in [1.165, 1.54) is 0 Å². The summed E-state index contributed by atoms with van der Waals surface area (Å²) < 4.78 is 0. The van der Waals surface area contributed by atoms with Crippen LogP contribution in [0.5, 0.6) is 5.75 Å². The molecule has 132 valence electrons. The first-order valence-electron chi connectivity index (χ1n) is 9.34. The monoisotopic (exact) mass is 378 g/mol. The number of fused-ring (bicyclic) bond motifs is 4. The van der Waals surface area contributed by atoms with Crippen LogP contribution in [0.25, 0.3) is 10.9 Å². The predicted octanol–water partition coefficient (Wildman–Crippen LogP) is -1.46. The number of carbonyl (C=O) groups is 1. The maximum absolute atomic E-state index is 12.6. The first kappa shape index (κ1) is 19.0. The van der Waals surface area contributed by atoms with Crippen molar-refractivity contribution in [2.75, 3.05) is 13.1 Å². The first-order chi connectivity index (χ1) is 12.0. The fourth-order valence-corrected chi connectivity index (χ4v) is 6.12. The summed E-state index contributed by atoms with van der Waals surface area (Å²) in [6.07, 6.45) is 3.61. The maximum atomic E-state index is 12.6. The van der Waals surface area contributed by atoms with E-state index in [0.29, 0.717) is 18.3 Å².